The Labute approximate surface area is 137 Å². The molecule has 0 radical (unpaired) electrons. The van der Waals surface area contributed by atoms with Crippen molar-refractivity contribution in [3.63, 3.8) is 0 Å². The molecule has 0 unspecified atom stereocenters. The molecule has 0 aliphatic rings. The van der Waals surface area contributed by atoms with Crippen LogP contribution in [-0.2, 0) is 16.1 Å². The molecular formula is C16H24BrNO3. The molecule has 0 saturated heterocycles. The molecule has 21 heavy (non-hydrogen) atoms. The number of halogens is 1. The Balaban J connectivity index is 0.00000400. The van der Waals surface area contributed by atoms with E-state index in [1.54, 1.807) is 18.3 Å². The molecule has 0 atom stereocenters. The van der Waals surface area contributed by atoms with Crippen LogP contribution in [0.3, 0.4) is 0 Å². The number of Topliss-reactive ketones (excluding diaryl/α,β-unsaturated/α-hetero) is 1. The third-order valence-electron chi connectivity index (χ3n) is 2.99. The molecule has 1 rings (SSSR count). The molecule has 0 saturated carbocycles. The highest BCUT2D eigenvalue weighted by atomic mass is 79.9. The van der Waals surface area contributed by atoms with Crippen molar-refractivity contribution in [3.8, 4) is 0 Å². The first-order chi connectivity index (χ1) is 9.43. The van der Waals surface area contributed by atoms with Crippen molar-refractivity contribution in [1.82, 2.24) is 0 Å². The standard InChI is InChI=1S/C16H24NO3.BrH/c1-5-6-7-15(18)11-17-9-8-14(10-13(17)4)16(19)20-12(2)3;/h8-10,12H,5-7,11H2,1-4H3;1H/q+1;/p-1. The number of ketones is 1. The van der Waals surface area contributed by atoms with E-state index in [1.807, 2.05) is 25.3 Å². The normalized spacial score (nSPS) is 10.1. The molecule has 0 bridgehead atoms. The van der Waals surface area contributed by atoms with Gasteiger partial charge in [-0.15, -0.1) is 0 Å². The lowest BCUT2D eigenvalue weighted by Gasteiger charge is -2.08. The zero-order chi connectivity index (χ0) is 15.1. The maximum Gasteiger partial charge on any atom is 0.338 e. The zero-order valence-corrected chi connectivity index (χ0v) is 14.8. The van der Waals surface area contributed by atoms with Crippen molar-refractivity contribution in [2.75, 3.05) is 0 Å². The van der Waals surface area contributed by atoms with E-state index in [2.05, 4.69) is 6.92 Å². The first kappa shape index (κ1) is 19.8. The fourth-order valence-electron chi connectivity index (χ4n) is 1.87. The molecule has 0 N–H and O–H groups in total. The summed E-state index contributed by atoms with van der Waals surface area (Å²) in [7, 11) is 0. The van der Waals surface area contributed by atoms with Gasteiger partial charge in [-0.25, -0.2) is 4.79 Å². The minimum absolute atomic E-state index is 0. The summed E-state index contributed by atoms with van der Waals surface area (Å²) < 4.78 is 7.02. The van der Waals surface area contributed by atoms with Gasteiger partial charge in [-0.2, -0.15) is 4.57 Å². The van der Waals surface area contributed by atoms with Crippen molar-refractivity contribution < 1.29 is 35.9 Å². The van der Waals surface area contributed by atoms with Crippen LogP contribution in [0.25, 0.3) is 0 Å². The Morgan fingerprint density at radius 2 is 2.00 bits per heavy atom. The van der Waals surface area contributed by atoms with Gasteiger partial charge in [0.15, 0.2) is 17.7 Å². The number of aromatic nitrogens is 1. The molecule has 1 aromatic heterocycles. The number of hydrogen-bond donors (Lipinski definition) is 0. The topological polar surface area (TPSA) is 47.2 Å². The van der Waals surface area contributed by atoms with E-state index >= 15 is 0 Å². The van der Waals surface area contributed by atoms with Gasteiger partial charge in [-0.05, 0) is 20.3 Å². The quantitative estimate of drug-likeness (QED) is 0.493. The number of pyridine rings is 1. The summed E-state index contributed by atoms with van der Waals surface area (Å²) >= 11 is 0. The van der Waals surface area contributed by atoms with E-state index in [0.29, 0.717) is 18.5 Å². The summed E-state index contributed by atoms with van der Waals surface area (Å²) in [6.07, 6.45) is 4.20. The van der Waals surface area contributed by atoms with E-state index in [4.69, 9.17) is 4.74 Å². The smallest absolute Gasteiger partial charge is 0.338 e. The van der Waals surface area contributed by atoms with Gasteiger partial charge >= 0.3 is 5.97 Å². The third kappa shape index (κ3) is 6.85. The number of nitrogens with zero attached hydrogens (tertiary/aromatic N) is 1. The Kier molecular flexibility index (Phi) is 9.09. The summed E-state index contributed by atoms with van der Waals surface area (Å²) in [4.78, 5) is 23.6. The fourth-order valence-corrected chi connectivity index (χ4v) is 1.87. The fraction of sp³-hybridized carbons (Fsp3) is 0.562. The molecule has 0 aliphatic carbocycles. The number of esters is 1. The van der Waals surface area contributed by atoms with E-state index in [1.165, 1.54) is 0 Å². The number of unbranched alkanes of at least 4 members (excludes halogenated alkanes) is 1. The second-order valence-corrected chi connectivity index (χ2v) is 5.28. The maximum absolute atomic E-state index is 11.8. The molecule has 0 amide bonds. The van der Waals surface area contributed by atoms with Gasteiger partial charge in [0, 0.05) is 25.5 Å². The van der Waals surface area contributed by atoms with Crippen molar-refractivity contribution in [3.05, 3.63) is 29.6 Å². The van der Waals surface area contributed by atoms with E-state index in [-0.39, 0.29) is 34.8 Å². The molecule has 0 spiro atoms. The Morgan fingerprint density at radius 3 is 2.52 bits per heavy atom. The predicted octanol–water partition coefficient (Wildman–Crippen LogP) is -0.389. The molecule has 0 fully saturated rings. The van der Waals surface area contributed by atoms with E-state index in [9.17, 15) is 9.59 Å². The first-order valence-electron chi connectivity index (χ1n) is 7.16. The van der Waals surface area contributed by atoms with Crippen LogP contribution in [0.5, 0.6) is 0 Å². The van der Waals surface area contributed by atoms with Crippen LogP contribution in [-0.4, -0.2) is 17.9 Å². The molecule has 1 aromatic rings. The Bertz CT molecular complexity index is 486. The zero-order valence-electron chi connectivity index (χ0n) is 13.2. The maximum atomic E-state index is 11.8. The third-order valence-corrected chi connectivity index (χ3v) is 2.99. The van der Waals surface area contributed by atoms with Gasteiger partial charge in [-0.3, -0.25) is 4.79 Å². The van der Waals surface area contributed by atoms with Crippen LogP contribution < -0.4 is 21.5 Å². The first-order valence-corrected chi connectivity index (χ1v) is 7.16. The molecule has 1 heterocycles. The minimum atomic E-state index is -0.326. The van der Waals surface area contributed by atoms with Crippen molar-refractivity contribution in [1.29, 1.82) is 0 Å². The molecular weight excluding hydrogens is 334 g/mol. The van der Waals surface area contributed by atoms with Crippen molar-refractivity contribution >= 4 is 11.8 Å². The highest BCUT2D eigenvalue weighted by Crippen LogP contribution is 2.05. The summed E-state index contributed by atoms with van der Waals surface area (Å²) in [5, 5.41) is 0. The number of ether oxygens (including phenoxy) is 1. The lowest BCUT2D eigenvalue weighted by atomic mass is 10.1. The average molecular weight is 358 g/mol. The lowest BCUT2D eigenvalue weighted by Crippen LogP contribution is -3.00. The van der Waals surface area contributed by atoms with Crippen molar-refractivity contribution in [2.24, 2.45) is 0 Å². The Hall–Kier alpha value is -1.23. The summed E-state index contributed by atoms with van der Waals surface area (Å²) in [5.41, 5.74) is 1.40. The van der Waals surface area contributed by atoms with Crippen LogP contribution in [0.1, 0.15) is 56.1 Å². The van der Waals surface area contributed by atoms with E-state index in [0.717, 1.165) is 18.5 Å². The number of carbonyl (C=O) groups is 2. The van der Waals surface area contributed by atoms with Crippen LogP contribution >= 0.6 is 0 Å². The highest BCUT2D eigenvalue weighted by molar-refractivity contribution is 5.89. The van der Waals surface area contributed by atoms with Crippen LogP contribution in [0.15, 0.2) is 18.3 Å². The molecule has 0 aromatic carbocycles. The van der Waals surface area contributed by atoms with Gasteiger partial charge in [0.25, 0.3) is 0 Å². The van der Waals surface area contributed by atoms with Gasteiger partial charge in [0.2, 0.25) is 6.54 Å². The molecule has 5 heteroatoms. The number of aryl methyl sites for hydroxylation is 1. The van der Waals surface area contributed by atoms with Crippen LogP contribution in [0, 0.1) is 6.92 Å². The summed E-state index contributed by atoms with van der Waals surface area (Å²) in [6.45, 7) is 7.96. The van der Waals surface area contributed by atoms with Gasteiger partial charge < -0.3 is 21.7 Å². The second-order valence-electron chi connectivity index (χ2n) is 5.28. The van der Waals surface area contributed by atoms with E-state index < -0.39 is 0 Å². The van der Waals surface area contributed by atoms with Gasteiger partial charge in [0.05, 0.1) is 11.7 Å². The summed E-state index contributed by atoms with van der Waals surface area (Å²) in [5.74, 6) is -0.106. The second kappa shape index (κ2) is 9.66. The summed E-state index contributed by atoms with van der Waals surface area (Å²) in [6, 6.07) is 3.46. The number of hydrogen-bond acceptors (Lipinski definition) is 3. The highest BCUT2D eigenvalue weighted by Gasteiger charge is 2.16. The lowest BCUT2D eigenvalue weighted by molar-refractivity contribution is -0.690. The molecule has 118 valence electrons. The Morgan fingerprint density at radius 1 is 1.33 bits per heavy atom. The SMILES string of the molecule is CCCCC(=O)C[n+]1ccc(C(=O)OC(C)C)cc1C.[Br-]. The van der Waals surface area contributed by atoms with Gasteiger partial charge in [-0.1, -0.05) is 13.3 Å². The average Bonchev–Trinajstić information content (AvgIpc) is 2.37. The predicted molar refractivity (Wildman–Crippen MR) is 76.5 cm³/mol. The molecule has 4 nitrogen and oxygen atoms in total. The number of carbonyl (C=O) groups excluding carboxylic acids is 2. The largest absolute Gasteiger partial charge is 1.00 e. The van der Waals surface area contributed by atoms with Crippen molar-refractivity contribution in [2.45, 2.75) is 59.6 Å². The number of rotatable bonds is 7. The van der Waals surface area contributed by atoms with Gasteiger partial charge in [0.1, 0.15) is 0 Å². The van der Waals surface area contributed by atoms with Crippen LogP contribution in [0.4, 0.5) is 0 Å². The minimum Gasteiger partial charge on any atom is -1.00 e. The monoisotopic (exact) mass is 357 g/mol. The molecule has 0 aliphatic heterocycles. The van der Waals surface area contributed by atoms with Crippen LogP contribution in [0.2, 0.25) is 0 Å².